The van der Waals surface area contributed by atoms with Crippen molar-refractivity contribution >= 4 is 34.4 Å². The third-order valence-corrected chi connectivity index (χ3v) is 7.91. The van der Waals surface area contributed by atoms with Crippen LogP contribution in [0.15, 0.2) is 82.6 Å². The number of aryl methyl sites for hydroxylation is 1. The van der Waals surface area contributed by atoms with E-state index in [9.17, 15) is 27.6 Å². The number of rotatable bonds is 4. The number of alkyl halides is 3. The second-order valence-corrected chi connectivity index (χ2v) is 10.7. The van der Waals surface area contributed by atoms with Crippen LogP contribution in [0.4, 0.5) is 23.7 Å². The van der Waals surface area contributed by atoms with E-state index < -0.39 is 30.8 Å². The Hall–Kier alpha value is -4.87. The van der Waals surface area contributed by atoms with Gasteiger partial charge < -0.3 is 15.2 Å². The molecule has 3 amide bonds. The van der Waals surface area contributed by atoms with Crippen LogP contribution in [0.5, 0.6) is 0 Å². The minimum absolute atomic E-state index is 0.0597. The fraction of sp³-hybridized carbons (Fsp3) is 0.290. The van der Waals surface area contributed by atoms with Crippen molar-refractivity contribution in [1.29, 1.82) is 0 Å². The third-order valence-electron chi connectivity index (χ3n) is 7.91. The highest BCUT2D eigenvalue weighted by atomic mass is 19.4. The van der Waals surface area contributed by atoms with Gasteiger partial charge in [-0.3, -0.25) is 14.3 Å². The number of aromatic amines is 1. The number of aromatic nitrogens is 2. The predicted molar refractivity (Wildman–Crippen MR) is 156 cm³/mol. The summed E-state index contributed by atoms with van der Waals surface area (Å²) in [5.41, 5.74) is 3.61. The first-order valence-electron chi connectivity index (χ1n) is 14.0. The maximum atomic E-state index is 13.7. The Morgan fingerprint density at radius 3 is 2.40 bits per heavy atom. The Balaban J connectivity index is 1.27. The van der Waals surface area contributed by atoms with Crippen LogP contribution in [0.3, 0.4) is 0 Å². The van der Waals surface area contributed by atoms with E-state index in [-0.39, 0.29) is 30.5 Å². The summed E-state index contributed by atoms with van der Waals surface area (Å²) in [4.78, 5) is 49.4. The lowest BCUT2D eigenvalue weighted by Crippen LogP contribution is -2.54. The number of piperidine rings is 1. The molecule has 0 bridgehead atoms. The van der Waals surface area contributed by atoms with Crippen LogP contribution in [0.2, 0.25) is 0 Å². The van der Waals surface area contributed by atoms with E-state index in [4.69, 9.17) is 0 Å². The Morgan fingerprint density at radius 2 is 1.67 bits per heavy atom. The van der Waals surface area contributed by atoms with Gasteiger partial charge in [0.2, 0.25) is 6.17 Å². The molecule has 2 N–H and O–H groups in total. The first-order valence-corrected chi connectivity index (χ1v) is 14.0. The van der Waals surface area contributed by atoms with Crippen LogP contribution in [-0.2, 0) is 4.79 Å². The zero-order chi connectivity index (χ0) is 30.3. The summed E-state index contributed by atoms with van der Waals surface area (Å²) in [5, 5.41) is 2.59. The summed E-state index contributed by atoms with van der Waals surface area (Å²) < 4.78 is 42.8. The van der Waals surface area contributed by atoms with Crippen molar-refractivity contribution in [2.45, 2.75) is 38.1 Å². The van der Waals surface area contributed by atoms with E-state index in [0.717, 1.165) is 16.6 Å². The van der Waals surface area contributed by atoms with Gasteiger partial charge in [-0.05, 0) is 37.5 Å². The average molecular weight is 591 g/mol. The molecule has 3 heterocycles. The molecule has 222 valence electrons. The smallest absolute Gasteiger partial charge is 0.325 e. The predicted octanol–water partition coefficient (Wildman–Crippen LogP) is 4.76. The molecule has 0 spiro atoms. The number of benzodiazepines with no additional fused rings is 1. The first-order chi connectivity index (χ1) is 20.6. The second-order valence-electron chi connectivity index (χ2n) is 10.7. The lowest BCUT2D eigenvalue weighted by Gasteiger charge is -2.33. The van der Waals surface area contributed by atoms with Crippen LogP contribution in [0.25, 0.3) is 11.0 Å². The number of benzene rings is 3. The van der Waals surface area contributed by atoms with E-state index in [1.807, 2.05) is 25.1 Å². The lowest BCUT2D eigenvalue weighted by atomic mass is 10.0. The fourth-order valence-corrected chi connectivity index (χ4v) is 5.93. The number of carbonyl (C=O) groups excluding carboxylic acids is 2. The molecule has 1 fully saturated rings. The Bertz CT molecular complexity index is 1770. The maximum Gasteiger partial charge on any atom is 0.406 e. The molecule has 0 radical (unpaired) electrons. The third kappa shape index (κ3) is 5.52. The number of amides is 3. The molecule has 2 aliphatic heterocycles. The quantitative estimate of drug-likeness (QED) is 0.359. The van der Waals surface area contributed by atoms with Crippen molar-refractivity contribution in [2.24, 2.45) is 4.99 Å². The number of imidazole rings is 1. The molecule has 3 aromatic carbocycles. The number of H-pyrrole nitrogens is 1. The molecule has 43 heavy (non-hydrogen) atoms. The number of hydrogen-bond acceptors (Lipinski definition) is 4. The zero-order valence-corrected chi connectivity index (χ0v) is 23.3. The van der Waals surface area contributed by atoms with E-state index >= 15 is 0 Å². The summed E-state index contributed by atoms with van der Waals surface area (Å²) in [6.07, 6.45) is -5.31. The van der Waals surface area contributed by atoms with Crippen molar-refractivity contribution in [2.75, 3.05) is 24.5 Å². The van der Waals surface area contributed by atoms with Gasteiger partial charge >= 0.3 is 17.9 Å². The highest BCUT2D eigenvalue weighted by molar-refractivity contribution is 6.20. The second kappa shape index (κ2) is 11.1. The molecular formula is C31H29F3N6O3. The average Bonchev–Trinajstić information content (AvgIpc) is 3.29. The van der Waals surface area contributed by atoms with E-state index in [2.05, 4.69) is 15.3 Å². The standard InChI is InChI=1S/C31H29F3N6O3/c1-19-8-7-12-23-26(19)40(30(43)35-23)21-14-16-38(17-15-21)29(42)37-27-28(41)39(18-31(32,33)34)24-13-6-5-11-22(24)25(36-27)20-9-3-2-4-10-20/h2-13,21,27H,14-18H2,1H3,(H,35,43)(H,37,42)/t27-/m0/s1. The van der Waals surface area contributed by atoms with Gasteiger partial charge in [0.05, 0.1) is 22.4 Å². The van der Waals surface area contributed by atoms with Crippen molar-refractivity contribution in [3.63, 3.8) is 0 Å². The fourth-order valence-electron chi connectivity index (χ4n) is 5.93. The van der Waals surface area contributed by atoms with Gasteiger partial charge in [0.15, 0.2) is 0 Å². The highest BCUT2D eigenvalue weighted by Crippen LogP contribution is 2.31. The van der Waals surface area contributed by atoms with Crippen LogP contribution in [-0.4, -0.2) is 64.1 Å². The van der Waals surface area contributed by atoms with Crippen molar-refractivity contribution in [3.8, 4) is 0 Å². The van der Waals surface area contributed by atoms with Crippen LogP contribution in [0.1, 0.15) is 35.6 Å². The van der Waals surface area contributed by atoms with E-state index in [0.29, 0.717) is 34.6 Å². The summed E-state index contributed by atoms with van der Waals surface area (Å²) in [6.45, 7) is 0.967. The Labute approximate surface area is 244 Å². The first kappa shape index (κ1) is 28.3. The van der Waals surface area contributed by atoms with Gasteiger partial charge in [-0.15, -0.1) is 0 Å². The molecule has 9 nitrogen and oxygen atoms in total. The van der Waals surface area contributed by atoms with Crippen LogP contribution in [0, 0.1) is 6.92 Å². The Morgan fingerprint density at radius 1 is 0.977 bits per heavy atom. The zero-order valence-electron chi connectivity index (χ0n) is 23.3. The highest BCUT2D eigenvalue weighted by Gasteiger charge is 2.40. The van der Waals surface area contributed by atoms with Gasteiger partial charge in [-0.1, -0.05) is 60.7 Å². The molecule has 0 saturated carbocycles. The van der Waals surface area contributed by atoms with Crippen molar-refractivity contribution in [3.05, 3.63) is 100.0 Å². The number of aliphatic imine (C=N–C) groups is 1. The number of hydrogen-bond donors (Lipinski definition) is 2. The minimum atomic E-state index is -4.69. The Kier molecular flexibility index (Phi) is 7.28. The van der Waals surface area contributed by atoms with E-state index in [1.54, 1.807) is 53.1 Å². The molecule has 1 saturated heterocycles. The van der Waals surface area contributed by atoms with Gasteiger partial charge in [0.25, 0.3) is 5.91 Å². The maximum absolute atomic E-state index is 13.7. The number of nitrogens with zero attached hydrogens (tertiary/aromatic N) is 4. The number of carbonyl (C=O) groups is 2. The molecule has 1 aromatic heterocycles. The van der Waals surface area contributed by atoms with Crippen molar-refractivity contribution < 1.29 is 22.8 Å². The summed E-state index contributed by atoms with van der Waals surface area (Å²) in [6, 6.07) is 20.0. The number of nitrogens with one attached hydrogen (secondary N) is 2. The number of halogens is 3. The van der Waals surface area contributed by atoms with Gasteiger partial charge in [0, 0.05) is 30.3 Å². The SMILES string of the molecule is Cc1cccc2[nH]c(=O)n(C3CCN(C(=O)N[C@@H]4N=C(c5ccccc5)c5ccccc5N(CC(F)(F)F)C4=O)CC3)c12. The summed E-state index contributed by atoms with van der Waals surface area (Å²) in [7, 11) is 0. The molecule has 0 unspecified atom stereocenters. The number of para-hydroxylation sites is 2. The molecule has 2 aliphatic rings. The number of anilines is 1. The van der Waals surface area contributed by atoms with Crippen LogP contribution < -0.4 is 15.9 Å². The molecule has 0 aliphatic carbocycles. The van der Waals surface area contributed by atoms with Gasteiger partial charge in [-0.25, -0.2) is 14.6 Å². The molecule has 6 rings (SSSR count). The monoisotopic (exact) mass is 590 g/mol. The number of urea groups is 1. The van der Waals surface area contributed by atoms with Crippen LogP contribution >= 0.6 is 0 Å². The molecule has 4 aromatic rings. The van der Waals surface area contributed by atoms with Crippen molar-refractivity contribution in [1.82, 2.24) is 19.8 Å². The molecular weight excluding hydrogens is 561 g/mol. The number of likely N-dealkylation sites (tertiary alicyclic amines) is 1. The van der Waals surface area contributed by atoms with Gasteiger partial charge in [0.1, 0.15) is 6.54 Å². The molecule has 1 atom stereocenters. The molecule has 12 heteroatoms. The summed E-state index contributed by atoms with van der Waals surface area (Å²) in [5.74, 6) is -0.986. The minimum Gasteiger partial charge on any atom is -0.325 e. The largest absolute Gasteiger partial charge is 0.406 e. The summed E-state index contributed by atoms with van der Waals surface area (Å²) >= 11 is 0. The topological polar surface area (TPSA) is 103 Å². The van der Waals surface area contributed by atoms with Gasteiger partial charge in [-0.2, -0.15) is 13.2 Å². The lowest BCUT2D eigenvalue weighted by molar-refractivity contribution is -0.133. The number of fused-ring (bicyclic) bond motifs is 2. The normalized spacial score (nSPS) is 17.9. The van der Waals surface area contributed by atoms with E-state index in [1.165, 1.54) is 11.0 Å².